The molecule has 1 atom stereocenters. The van der Waals surface area contributed by atoms with E-state index in [0.29, 0.717) is 53.0 Å². The van der Waals surface area contributed by atoms with Crippen LogP contribution in [0.4, 0.5) is 5.69 Å². The van der Waals surface area contributed by atoms with Crippen molar-refractivity contribution in [3.63, 3.8) is 0 Å². The average Bonchev–Trinajstić information content (AvgIpc) is 3.25. The number of fused-ring (bicyclic) bond motifs is 1. The first-order chi connectivity index (χ1) is 15.8. The van der Waals surface area contributed by atoms with E-state index in [1.807, 2.05) is 18.1 Å². The van der Waals surface area contributed by atoms with E-state index in [0.717, 1.165) is 5.56 Å². The van der Waals surface area contributed by atoms with Gasteiger partial charge < -0.3 is 9.64 Å². The summed E-state index contributed by atoms with van der Waals surface area (Å²) in [7, 11) is 3.53. The van der Waals surface area contributed by atoms with Crippen molar-refractivity contribution in [3.8, 4) is 5.69 Å². The molecule has 1 aliphatic rings. The van der Waals surface area contributed by atoms with Crippen LogP contribution in [0, 0.1) is 6.92 Å². The summed E-state index contributed by atoms with van der Waals surface area (Å²) in [5.41, 5.74) is 1.82. The number of hydrogen-bond acceptors (Lipinski definition) is 6. The van der Waals surface area contributed by atoms with Gasteiger partial charge in [0.2, 0.25) is 0 Å². The molecule has 0 amide bonds. The summed E-state index contributed by atoms with van der Waals surface area (Å²) < 4.78 is 10.6. The van der Waals surface area contributed by atoms with Crippen LogP contribution in [0.15, 0.2) is 52.3 Å². The minimum Gasteiger partial charge on any atom is -0.370 e. The fourth-order valence-electron chi connectivity index (χ4n) is 4.15. The van der Waals surface area contributed by atoms with Crippen molar-refractivity contribution < 1.29 is 4.74 Å². The number of benzene rings is 1. The van der Waals surface area contributed by atoms with Crippen LogP contribution in [0.5, 0.6) is 0 Å². The normalized spacial score (nSPS) is 16.5. The van der Waals surface area contributed by atoms with Crippen LogP contribution in [0.1, 0.15) is 17.5 Å². The summed E-state index contributed by atoms with van der Waals surface area (Å²) in [4.78, 5) is 33.5. The highest BCUT2D eigenvalue weighted by Gasteiger charge is 2.27. The van der Waals surface area contributed by atoms with Gasteiger partial charge in [-0.05, 0) is 37.3 Å². The van der Waals surface area contributed by atoms with Gasteiger partial charge in [-0.2, -0.15) is 5.10 Å². The van der Waals surface area contributed by atoms with Crippen LogP contribution in [0.25, 0.3) is 16.7 Å². The second-order valence-electron chi connectivity index (χ2n) is 8.16. The monoisotopic (exact) mass is 466 g/mol. The van der Waals surface area contributed by atoms with Gasteiger partial charge in [-0.25, -0.2) is 4.98 Å². The number of aryl methyl sites for hydroxylation is 2. The lowest BCUT2D eigenvalue weighted by Crippen LogP contribution is -2.42. The van der Waals surface area contributed by atoms with E-state index in [2.05, 4.69) is 10.1 Å². The van der Waals surface area contributed by atoms with Crippen LogP contribution >= 0.6 is 11.6 Å². The predicted octanol–water partition coefficient (Wildman–Crippen LogP) is 2.36. The number of halogens is 1. The first kappa shape index (κ1) is 21.4. The van der Waals surface area contributed by atoms with Gasteiger partial charge in [0.15, 0.2) is 5.65 Å². The van der Waals surface area contributed by atoms with Gasteiger partial charge in [-0.15, -0.1) is 0 Å². The Hall–Kier alpha value is -3.43. The van der Waals surface area contributed by atoms with E-state index in [1.165, 1.54) is 9.13 Å². The number of morpholine rings is 1. The molecule has 9 nitrogen and oxygen atoms in total. The molecular formula is C23H23ClN6O3. The number of hydrogen-bond donors (Lipinski definition) is 0. The van der Waals surface area contributed by atoms with Gasteiger partial charge in [-0.1, -0.05) is 11.6 Å². The van der Waals surface area contributed by atoms with Crippen LogP contribution in [-0.2, 0) is 18.8 Å². The fraction of sp³-hybridized carbons (Fsp3) is 0.304. The van der Waals surface area contributed by atoms with Crippen molar-refractivity contribution in [1.82, 2.24) is 23.9 Å². The van der Waals surface area contributed by atoms with Crippen molar-refractivity contribution >= 4 is 28.3 Å². The lowest BCUT2D eigenvalue weighted by molar-refractivity contribution is 0.0396. The van der Waals surface area contributed by atoms with E-state index in [-0.39, 0.29) is 17.2 Å². The van der Waals surface area contributed by atoms with Gasteiger partial charge in [0.05, 0.1) is 23.9 Å². The summed E-state index contributed by atoms with van der Waals surface area (Å²) >= 11 is 6.07. The molecule has 5 rings (SSSR count). The van der Waals surface area contributed by atoms with E-state index in [1.54, 1.807) is 55.2 Å². The number of ether oxygens (including phenoxy) is 1. The number of aromatic nitrogens is 5. The Labute approximate surface area is 194 Å². The summed E-state index contributed by atoms with van der Waals surface area (Å²) in [6, 6.07) is 8.58. The molecule has 0 N–H and O–H groups in total. The quantitative estimate of drug-likeness (QED) is 0.460. The predicted molar refractivity (Wildman–Crippen MR) is 126 cm³/mol. The maximum Gasteiger partial charge on any atom is 0.280 e. The minimum atomic E-state index is -0.253. The van der Waals surface area contributed by atoms with Crippen LogP contribution in [-0.4, -0.2) is 43.6 Å². The molecule has 1 aromatic carbocycles. The lowest BCUT2D eigenvalue weighted by atomic mass is 10.1. The maximum absolute atomic E-state index is 13.8. The number of rotatable bonds is 3. The molecule has 1 aliphatic heterocycles. The molecule has 4 heterocycles. The van der Waals surface area contributed by atoms with Gasteiger partial charge in [0.25, 0.3) is 11.1 Å². The Morgan fingerprint density at radius 1 is 1.12 bits per heavy atom. The third kappa shape index (κ3) is 3.73. The maximum atomic E-state index is 13.8. The van der Waals surface area contributed by atoms with Crippen LogP contribution in [0.3, 0.4) is 0 Å². The fourth-order valence-corrected chi connectivity index (χ4v) is 4.28. The molecule has 3 aromatic heterocycles. The topological polar surface area (TPSA) is 87.2 Å². The van der Waals surface area contributed by atoms with Crippen LogP contribution in [0.2, 0.25) is 5.02 Å². The third-order valence-electron chi connectivity index (χ3n) is 6.03. The highest BCUT2D eigenvalue weighted by Crippen LogP contribution is 2.26. The lowest BCUT2D eigenvalue weighted by Gasteiger charge is -2.34. The standard InChI is InChI=1S/C23H23ClN6O3/c1-14-26-21-18(22(31)28(14)3)10-19(23(32)30(21)17-6-4-16(24)5-7-17)29-8-9-33-20(13-29)15-11-25-27(2)12-15/h4-7,10-12,20H,8-9,13H2,1-3H3. The number of nitrogens with zero attached hydrogens (tertiary/aromatic N) is 6. The van der Waals surface area contributed by atoms with Gasteiger partial charge in [0.1, 0.15) is 17.6 Å². The Balaban J connectivity index is 1.71. The van der Waals surface area contributed by atoms with E-state index >= 15 is 0 Å². The molecule has 33 heavy (non-hydrogen) atoms. The number of anilines is 1. The molecule has 10 heteroatoms. The highest BCUT2D eigenvalue weighted by molar-refractivity contribution is 6.30. The van der Waals surface area contributed by atoms with Crippen LogP contribution < -0.4 is 16.0 Å². The summed E-state index contributed by atoms with van der Waals surface area (Å²) in [6.07, 6.45) is 3.44. The Morgan fingerprint density at radius 2 is 1.88 bits per heavy atom. The second kappa shape index (κ2) is 8.17. The molecule has 0 saturated carbocycles. The van der Waals surface area contributed by atoms with Crippen molar-refractivity contribution in [2.24, 2.45) is 14.1 Å². The smallest absolute Gasteiger partial charge is 0.280 e. The van der Waals surface area contributed by atoms with Gasteiger partial charge >= 0.3 is 0 Å². The van der Waals surface area contributed by atoms with E-state index in [4.69, 9.17) is 16.3 Å². The van der Waals surface area contributed by atoms with Gasteiger partial charge in [0, 0.05) is 44.0 Å². The molecule has 1 unspecified atom stereocenters. The SMILES string of the molecule is Cc1nc2c(cc(N3CCOC(c4cnn(C)c4)C3)c(=O)n2-c2ccc(Cl)cc2)c(=O)n1C. The Kier molecular flexibility index (Phi) is 5.30. The molecule has 1 saturated heterocycles. The largest absolute Gasteiger partial charge is 0.370 e. The minimum absolute atomic E-state index is 0.210. The molecular weight excluding hydrogens is 444 g/mol. The van der Waals surface area contributed by atoms with Crippen molar-refractivity contribution in [2.45, 2.75) is 13.0 Å². The van der Waals surface area contributed by atoms with Gasteiger partial charge in [-0.3, -0.25) is 23.4 Å². The average molecular weight is 467 g/mol. The molecule has 0 aliphatic carbocycles. The Morgan fingerprint density at radius 3 is 2.58 bits per heavy atom. The molecule has 4 aromatic rings. The summed E-state index contributed by atoms with van der Waals surface area (Å²) in [5, 5.41) is 5.16. The first-order valence-corrected chi connectivity index (χ1v) is 11.0. The molecule has 0 radical (unpaired) electrons. The Bertz CT molecular complexity index is 1470. The summed E-state index contributed by atoms with van der Waals surface area (Å²) in [6.45, 7) is 3.18. The number of pyridine rings is 1. The third-order valence-corrected chi connectivity index (χ3v) is 6.28. The van der Waals surface area contributed by atoms with Crippen molar-refractivity contribution in [1.29, 1.82) is 0 Å². The zero-order chi connectivity index (χ0) is 23.3. The molecule has 0 spiro atoms. The first-order valence-electron chi connectivity index (χ1n) is 10.6. The van der Waals surface area contributed by atoms with E-state index in [9.17, 15) is 9.59 Å². The molecule has 1 fully saturated rings. The van der Waals surface area contributed by atoms with Crippen molar-refractivity contribution in [3.05, 3.63) is 79.8 Å². The zero-order valence-corrected chi connectivity index (χ0v) is 19.3. The second-order valence-corrected chi connectivity index (χ2v) is 8.60. The van der Waals surface area contributed by atoms with E-state index < -0.39 is 0 Å². The summed E-state index contributed by atoms with van der Waals surface area (Å²) in [5.74, 6) is 0.519. The molecule has 170 valence electrons. The molecule has 0 bridgehead atoms. The van der Waals surface area contributed by atoms with Crippen molar-refractivity contribution in [2.75, 3.05) is 24.6 Å². The zero-order valence-electron chi connectivity index (χ0n) is 18.5. The highest BCUT2D eigenvalue weighted by atomic mass is 35.5.